The molecule has 0 bridgehead atoms. The summed E-state index contributed by atoms with van der Waals surface area (Å²) >= 11 is 0. The standard InChI is InChI=1S/C60H40N4O2/c1-37-11-15-43(16-12-37)49-35-53-54(36-50(49)44-17-13-38(2)14-18-44)62-58(46-29-21-40(22-30-46)42-25-33-48(34-26-42)60-64-52-8-4-6-10-56(52)66-60)57(61-53)45-27-19-39(20-28-45)41-23-31-47(32-24-41)59-63-51-7-3-5-9-55(51)65-59/h3-36H,1-2H3. The van der Waals surface area contributed by atoms with Crippen molar-refractivity contribution in [2.45, 2.75) is 13.8 Å². The summed E-state index contributed by atoms with van der Waals surface area (Å²) < 4.78 is 12.1. The van der Waals surface area contributed by atoms with Crippen molar-refractivity contribution < 1.29 is 8.83 Å². The predicted octanol–water partition coefficient (Wildman–Crippen LogP) is 15.9. The summed E-state index contributed by atoms with van der Waals surface area (Å²) in [6.07, 6.45) is 0. The van der Waals surface area contributed by atoms with Crippen LogP contribution in [0.4, 0.5) is 0 Å². The summed E-state index contributed by atoms with van der Waals surface area (Å²) in [7, 11) is 0. The van der Waals surface area contributed by atoms with Crippen molar-refractivity contribution in [2.24, 2.45) is 0 Å². The minimum atomic E-state index is 0.611. The van der Waals surface area contributed by atoms with Crippen molar-refractivity contribution >= 4 is 33.2 Å². The fourth-order valence-corrected chi connectivity index (χ4v) is 8.69. The molecule has 66 heavy (non-hydrogen) atoms. The lowest BCUT2D eigenvalue weighted by atomic mass is 9.92. The minimum absolute atomic E-state index is 0.611. The average molecular weight is 849 g/mol. The highest BCUT2D eigenvalue weighted by atomic mass is 16.4. The Kier molecular flexibility index (Phi) is 9.50. The summed E-state index contributed by atoms with van der Waals surface area (Å²) in [4.78, 5) is 20.3. The van der Waals surface area contributed by atoms with E-state index in [-0.39, 0.29) is 0 Å². The van der Waals surface area contributed by atoms with Crippen LogP contribution in [-0.4, -0.2) is 19.9 Å². The summed E-state index contributed by atoms with van der Waals surface area (Å²) in [6.45, 7) is 4.24. The van der Waals surface area contributed by atoms with Gasteiger partial charge in [-0.05, 0) is 119 Å². The SMILES string of the molecule is Cc1ccc(-c2cc3nc(-c4ccc(-c5ccc(-c6nc7ccccc7o6)cc5)cc4)c(-c4ccc(-c5ccc(-c6nc7ccccc7o6)cc5)cc4)nc3cc2-c2ccc(C)cc2)cc1. The third kappa shape index (κ3) is 7.30. The van der Waals surface area contributed by atoms with Gasteiger partial charge in [0.15, 0.2) is 11.2 Å². The van der Waals surface area contributed by atoms with Gasteiger partial charge in [0.25, 0.3) is 0 Å². The van der Waals surface area contributed by atoms with Crippen LogP contribution in [0.1, 0.15) is 11.1 Å². The van der Waals surface area contributed by atoms with E-state index in [2.05, 4.69) is 182 Å². The number of rotatable bonds is 8. The van der Waals surface area contributed by atoms with Crippen LogP contribution in [0, 0.1) is 13.8 Å². The van der Waals surface area contributed by atoms with Crippen molar-refractivity contribution in [3.05, 3.63) is 217 Å². The molecule has 0 radical (unpaired) electrons. The van der Waals surface area contributed by atoms with Gasteiger partial charge in [-0.1, -0.05) is 157 Å². The molecular formula is C60H40N4O2. The highest BCUT2D eigenvalue weighted by Crippen LogP contribution is 2.39. The monoisotopic (exact) mass is 848 g/mol. The van der Waals surface area contributed by atoms with Crippen LogP contribution >= 0.6 is 0 Å². The Morgan fingerprint density at radius 2 is 0.576 bits per heavy atom. The van der Waals surface area contributed by atoms with Crippen molar-refractivity contribution in [2.75, 3.05) is 0 Å². The van der Waals surface area contributed by atoms with Crippen LogP contribution in [0.3, 0.4) is 0 Å². The van der Waals surface area contributed by atoms with Crippen molar-refractivity contribution in [1.29, 1.82) is 0 Å². The Morgan fingerprint density at radius 1 is 0.273 bits per heavy atom. The molecule has 6 nitrogen and oxygen atoms in total. The third-order valence-electron chi connectivity index (χ3n) is 12.4. The molecule has 0 saturated heterocycles. The van der Waals surface area contributed by atoms with E-state index in [1.54, 1.807) is 0 Å². The number of hydrogen-bond acceptors (Lipinski definition) is 6. The molecule has 12 aromatic rings. The van der Waals surface area contributed by atoms with Crippen molar-refractivity contribution in [3.63, 3.8) is 0 Å². The molecule has 9 aromatic carbocycles. The van der Waals surface area contributed by atoms with E-state index in [9.17, 15) is 0 Å². The number of para-hydroxylation sites is 4. The van der Waals surface area contributed by atoms with Crippen molar-refractivity contribution in [3.8, 4) is 89.9 Å². The van der Waals surface area contributed by atoms with Gasteiger partial charge < -0.3 is 8.83 Å². The fourth-order valence-electron chi connectivity index (χ4n) is 8.69. The van der Waals surface area contributed by atoms with E-state index in [0.29, 0.717) is 11.8 Å². The molecule has 3 aromatic heterocycles. The molecule has 0 aliphatic rings. The molecule has 0 fully saturated rings. The Bertz CT molecular complexity index is 3410. The maximum absolute atomic E-state index is 6.04. The fraction of sp³-hybridized carbons (Fsp3) is 0.0333. The number of aryl methyl sites for hydroxylation is 2. The summed E-state index contributed by atoms with van der Waals surface area (Å²) in [5.41, 5.74) is 21.6. The number of aromatic nitrogens is 4. The number of hydrogen-bond donors (Lipinski definition) is 0. The zero-order valence-electron chi connectivity index (χ0n) is 36.2. The molecule has 0 spiro atoms. The Hall–Kier alpha value is -8.74. The summed E-state index contributed by atoms with van der Waals surface area (Å²) in [6, 6.07) is 71.5. The largest absolute Gasteiger partial charge is 0.436 e. The second-order valence-electron chi connectivity index (χ2n) is 16.8. The van der Waals surface area contributed by atoms with Gasteiger partial charge in [0.2, 0.25) is 11.8 Å². The van der Waals surface area contributed by atoms with Gasteiger partial charge in [-0.25, -0.2) is 19.9 Å². The van der Waals surface area contributed by atoms with Crippen LogP contribution in [0.25, 0.3) is 123 Å². The Balaban J connectivity index is 0.935. The molecule has 3 heterocycles. The number of oxazole rings is 2. The van der Waals surface area contributed by atoms with Gasteiger partial charge in [-0.15, -0.1) is 0 Å². The molecular weight excluding hydrogens is 809 g/mol. The van der Waals surface area contributed by atoms with E-state index in [0.717, 1.165) is 111 Å². The van der Waals surface area contributed by atoms with Crippen LogP contribution in [0.2, 0.25) is 0 Å². The molecule has 0 amide bonds. The smallest absolute Gasteiger partial charge is 0.227 e. The maximum Gasteiger partial charge on any atom is 0.227 e. The first kappa shape index (κ1) is 38.9. The third-order valence-corrected chi connectivity index (χ3v) is 12.4. The lowest BCUT2D eigenvalue weighted by Gasteiger charge is -2.16. The van der Waals surface area contributed by atoms with Gasteiger partial charge in [0.1, 0.15) is 11.0 Å². The summed E-state index contributed by atoms with van der Waals surface area (Å²) in [5, 5.41) is 0. The zero-order valence-corrected chi connectivity index (χ0v) is 36.2. The maximum atomic E-state index is 6.04. The van der Waals surface area contributed by atoms with Gasteiger partial charge >= 0.3 is 0 Å². The van der Waals surface area contributed by atoms with E-state index < -0.39 is 0 Å². The predicted molar refractivity (Wildman–Crippen MR) is 268 cm³/mol. The molecule has 0 N–H and O–H groups in total. The topological polar surface area (TPSA) is 77.8 Å². The molecule has 12 rings (SSSR count). The lowest BCUT2D eigenvalue weighted by Crippen LogP contribution is -1.97. The van der Waals surface area contributed by atoms with Gasteiger partial charge in [-0.3, -0.25) is 0 Å². The highest BCUT2D eigenvalue weighted by Gasteiger charge is 2.18. The van der Waals surface area contributed by atoms with Crippen LogP contribution in [0.5, 0.6) is 0 Å². The van der Waals surface area contributed by atoms with Crippen LogP contribution < -0.4 is 0 Å². The van der Waals surface area contributed by atoms with Crippen LogP contribution in [0.15, 0.2) is 215 Å². The molecule has 0 saturated carbocycles. The quantitative estimate of drug-likeness (QED) is 0.152. The van der Waals surface area contributed by atoms with E-state index in [4.69, 9.17) is 18.8 Å². The molecule has 312 valence electrons. The number of fused-ring (bicyclic) bond motifs is 3. The molecule has 0 atom stereocenters. The van der Waals surface area contributed by atoms with Crippen molar-refractivity contribution in [1.82, 2.24) is 19.9 Å². The van der Waals surface area contributed by atoms with E-state index >= 15 is 0 Å². The first-order valence-electron chi connectivity index (χ1n) is 22.1. The minimum Gasteiger partial charge on any atom is -0.436 e. The number of nitrogens with zero attached hydrogens (tertiary/aromatic N) is 4. The summed E-state index contributed by atoms with van der Waals surface area (Å²) in [5.74, 6) is 1.22. The second-order valence-corrected chi connectivity index (χ2v) is 16.8. The second kappa shape index (κ2) is 16.1. The molecule has 0 aliphatic carbocycles. The highest BCUT2D eigenvalue weighted by molar-refractivity contribution is 5.96. The molecule has 0 unspecified atom stereocenters. The Morgan fingerprint density at radius 3 is 0.924 bits per heavy atom. The molecule has 0 aliphatic heterocycles. The normalized spacial score (nSPS) is 11.5. The van der Waals surface area contributed by atoms with Gasteiger partial charge in [-0.2, -0.15) is 0 Å². The first-order chi connectivity index (χ1) is 32.5. The zero-order chi connectivity index (χ0) is 44.1. The van der Waals surface area contributed by atoms with E-state index in [1.165, 1.54) is 11.1 Å². The number of benzene rings is 9. The lowest BCUT2D eigenvalue weighted by molar-refractivity contribution is 0.619. The van der Waals surface area contributed by atoms with Gasteiger partial charge in [0.05, 0.1) is 22.4 Å². The first-order valence-corrected chi connectivity index (χ1v) is 22.1. The Labute approximate surface area is 381 Å². The van der Waals surface area contributed by atoms with Crippen LogP contribution in [-0.2, 0) is 0 Å². The van der Waals surface area contributed by atoms with Gasteiger partial charge in [0, 0.05) is 22.3 Å². The average Bonchev–Trinajstić information content (AvgIpc) is 4.02. The van der Waals surface area contributed by atoms with E-state index in [1.807, 2.05) is 48.5 Å². The molecule has 6 heteroatoms.